The maximum atomic E-state index is 12.5. The number of nitrogens with one attached hydrogen (secondary N) is 3. The summed E-state index contributed by atoms with van der Waals surface area (Å²) in [5, 5.41) is 17.6. The van der Waals surface area contributed by atoms with Gasteiger partial charge in [0.05, 0.1) is 19.3 Å². The van der Waals surface area contributed by atoms with E-state index < -0.39 is 0 Å². The van der Waals surface area contributed by atoms with Gasteiger partial charge in [-0.2, -0.15) is 10.2 Å². The molecule has 2 aromatic heterocycles. The summed E-state index contributed by atoms with van der Waals surface area (Å²) in [5.74, 6) is -0.151. The molecule has 0 fully saturated rings. The van der Waals surface area contributed by atoms with Crippen LogP contribution in [0.25, 0.3) is 0 Å². The van der Waals surface area contributed by atoms with Crippen LogP contribution in [0.15, 0.2) is 6.20 Å². The quantitative estimate of drug-likeness (QED) is 0.704. The molecule has 0 aliphatic carbocycles. The largest absolute Gasteiger partial charge is 0.383 e. The van der Waals surface area contributed by atoms with Gasteiger partial charge in [0.15, 0.2) is 5.69 Å². The van der Waals surface area contributed by atoms with E-state index in [0.29, 0.717) is 31.9 Å². The smallest absolute Gasteiger partial charge is 0.272 e. The predicted molar refractivity (Wildman–Crippen MR) is 91.3 cm³/mol. The summed E-state index contributed by atoms with van der Waals surface area (Å²) in [6, 6.07) is 0. The number of fused-ring (bicyclic) bond motifs is 1. The minimum Gasteiger partial charge on any atom is -0.383 e. The number of aromatic amines is 1. The fourth-order valence-electron chi connectivity index (χ4n) is 2.78. The highest BCUT2D eigenvalue weighted by atomic mass is 35.5. The Labute approximate surface area is 146 Å². The van der Waals surface area contributed by atoms with E-state index in [0.717, 1.165) is 35.5 Å². The Hall–Kier alpha value is -1.90. The molecule has 9 heteroatoms. The van der Waals surface area contributed by atoms with Gasteiger partial charge in [0.25, 0.3) is 5.91 Å². The average molecular weight is 355 g/mol. The minimum absolute atomic E-state index is 0. The van der Waals surface area contributed by atoms with E-state index in [1.807, 2.05) is 11.6 Å². The molecule has 0 atom stereocenters. The van der Waals surface area contributed by atoms with Crippen LogP contribution in [0.4, 0.5) is 0 Å². The second-order valence-electron chi connectivity index (χ2n) is 5.62. The highest BCUT2D eigenvalue weighted by Gasteiger charge is 2.24. The number of rotatable bonds is 6. The van der Waals surface area contributed by atoms with Crippen LogP contribution >= 0.6 is 12.4 Å². The molecule has 0 spiro atoms. The summed E-state index contributed by atoms with van der Waals surface area (Å²) >= 11 is 0. The number of carbonyl (C=O) groups excluding carboxylic acids is 1. The second kappa shape index (κ2) is 8.27. The third kappa shape index (κ3) is 3.77. The third-order valence-corrected chi connectivity index (χ3v) is 4.10. The molecule has 3 heterocycles. The molecule has 0 bridgehead atoms. The minimum atomic E-state index is -0.151. The van der Waals surface area contributed by atoms with Gasteiger partial charge in [-0.15, -0.1) is 12.4 Å². The van der Waals surface area contributed by atoms with Crippen molar-refractivity contribution in [3.8, 4) is 0 Å². The SMILES string of the molecule is COCCn1nc(C(=O)NCc2cn[nH]c2C)c2c1CCNC2.Cl. The van der Waals surface area contributed by atoms with Gasteiger partial charge in [0, 0.05) is 55.7 Å². The van der Waals surface area contributed by atoms with Crippen molar-refractivity contribution in [3.05, 3.63) is 34.4 Å². The number of hydrogen-bond donors (Lipinski definition) is 3. The van der Waals surface area contributed by atoms with Crippen molar-refractivity contribution < 1.29 is 9.53 Å². The van der Waals surface area contributed by atoms with E-state index in [1.54, 1.807) is 13.3 Å². The molecular formula is C15H23ClN6O2. The molecule has 1 aliphatic rings. The van der Waals surface area contributed by atoms with E-state index in [1.165, 1.54) is 0 Å². The van der Waals surface area contributed by atoms with E-state index in [-0.39, 0.29) is 18.3 Å². The standard InChI is InChI=1S/C15H22N6O2.ClH/c1-10-11(8-18-19-10)7-17-15(22)14-12-9-16-4-3-13(12)21(20-14)5-6-23-2;/h8,16H,3-7,9H2,1-2H3,(H,17,22)(H,18,19);1H. The monoisotopic (exact) mass is 354 g/mol. The van der Waals surface area contributed by atoms with Crippen molar-refractivity contribution in [3.63, 3.8) is 0 Å². The van der Waals surface area contributed by atoms with Crippen LogP contribution in [0.5, 0.6) is 0 Å². The lowest BCUT2D eigenvalue weighted by Crippen LogP contribution is -2.28. The Morgan fingerprint density at radius 3 is 3.04 bits per heavy atom. The van der Waals surface area contributed by atoms with Crippen molar-refractivity contribution in [1.82, 2.24) is 30.6 Å². The molecule has 3 rings (SSSR count). The number of amides is 1. The Kier molecular flexibility index (Phi) is 6.36. The number of hydrogen-bond acceptors (Lipinski definition) is 5. The zero-order chi connectivity index (χ0) is 16.2. The highest BCUT2D eigenvalue weighted by molar-refractivity contribution is 5.94. The topological polar surface area (TPSA) is 96.9 Å². The zero-order valence-corrected chi connectivity index (χ0v) is 14.7. The summed E-state index contributed by atoms with van der Waals surface area (Å²) in [4.78, 5) is 12.5. The van der Waals surface area contributed by atoms with Crippen molar-refractivity contribution in [2.24, 2.45) is 0 Å². The summed E-state index contributed by atoms with van der Waals surface area (Å²) < 4.78 is 7.03. The van der Waals surface area contributed by atoms with E-state index in [4.69, 9.17) is 4.74 Å². The van der Waals surface area contributed by atoms with Crippen molar-refractivity contribution in [1.29, 1.82) is 0 Å². The Morgan fingerprint density at radius 2 is 2.33 bits per heavy atom. The molecule has 2 aromatic rings. The number of halogens is 1. The van der Waals surface area contributed by atoms with E-state index >= 15 is 0 Å². The van der Waals surface area contributed by atoms with Crippen LogP contribution in [-0.2, 0) is 30.8 Å². The summed E-state index contributed by atoms with van der Waals surface area (Å²) in [6.07, 6.45) is 2.60. The van der Waals surface area contributed by atoms with Gasteiger partial charge in [0.1, 0.15) is 0 Å². The molecule has 8 nitrogen and oxygen atoms in total. The number of H-pyrrole nitrogens is 1. The molecular weight excluding hydrogens is 332 g/mol. The second-order valence-corrected chi connectivity index (χ2v) is 5.62. The van der Waals surface area contributed by atoms with Gasteiger partial charge in [0.2, 0.25) is 0 Å². The molecule has 1 aliphatic heterocycles. The van der Waals surface area contributed by atoms with Crippen LogP contribution in [0.2, 0.25) is 0 Å². The van der Waals surface area contributed by atoms with Crippen molar-refractivity contribution >= 4 is 18.3 Å². The first-order chi connectivity index (χ1) is 11.2. The lowest BCUT2D eigenvalue weighted by molar-refractivity contribution is 0.0943. The molecule has 0 radical (unpaired) electrons. The van der Waals surface area contributed by atoms with Gasteiger partial charge in [-0.3, -0.25) is 14.6 Å². The molecule has 24 heavy (non-hydrogen) atoms. The Bertz CT molecular complexity index is 696. The summed E-state index contributed by atoms with van der Waals surface area (Å²) in [6.45, 7) is 5.19. The highest BCUT2D eigenvalue weighted by Crippen LogP contribution is 2.18. The zero-order valence-electron chi connectivity index (χ0n) is 13.9. The maximum Gasteiger partial charge on any atom is 0.272 e. The molecule has 132 valence electrons. The third-order valence-electron chi connectivity index (χ3n) is 4.10. The number of carbonyl (C=O) groups is 1. The van der Waals surface area contributed by atoms with Crippen molar-refractivity contribution in [2.75, 3.05) is 20.3 Å². The number of ether oxygens (including phenoxy) is 1. The molecule has 3 N–H and O–H groups in total. The molecule has 0 saturated carbocycles. The van der Waals surface area contributed by atoms with Gasteiger partial charge >= 0.3 is 0 Å². The van der Waals surface area contributed by atoms with Gasteiger partial charge in [-0.05, 0) is 6.92 Å². The van der Waals surface area contributed by atoms with E-state index in [2.05, 4.69) is 25.9 Å². The number of aryl methyl sites for hydroxylation is 1. The first kappa shape index (κ1) is 18.4. The number of aromatic nitrogens is 4. The first-order valence-corrected chi connectivity index (χ1v) is 7.76. The van der Waals surface area contributed by atoms with Crippen LogP contribution in [0.1, 0.15) is 33.0 Å². The van der Waals surface area contributed by atoms with Crippen LogP contribution in [-0.4, -0.2) is 46.1 Å². The normalized spacial score (nSPS) is 13.2. The van der Waals surface area contributed by atoms with Gasteiger partial charge in [-0.1, -0.05) is 0 Å². The Balaban J connectivity index is 0.00000208. The molecule has 1 amide bonds. The van der Waals surface area contributed by atoms with Gasteiger partial charge < -0.3 is 15.4 Å². The van der Waals surface area contributed by atoms with Crippen LogP contribution in [0, 0.1) is 6.92 Å². The maximum absolute atomic E-state index is 12.5. The first-order valence-electron chi connectivity index (χ1n) is 7.76. The number of nitrogens with zero attached hydrogens (tertiary/aromatic N) is 3. The molecule has 0 unspecified atom stereocenters. The van der Waals surface area contributed by atoms with Crippen molar-refractivity contribution in [2.45, 2.75) is 33.0 Å². The lowest BCUT2D eigenvalue weighted by atomic mass is 10.1. The lowest BCUT2D eigenvalue weighted by Gasteiger charge is -2.15. The average Bonchev–Trinajstić information content (AvgIpc) is 3.14. The predicted octanol–water partition coefficient (Wildman–Crippen LogP) is 0.559. The summed E-state index contributed by atoms with van der Waals surface area (Å²) in [5.41, 5.74) is 4.56. The molecule has 0 saturated heterocycles. The van der Waals surface area contributed by atoms with E-state index in [9.17, 15) is 4.79 Å². The number of methoxy groups -OCH3 is 1. The van der Waals surface area contributed by atoms with Gasteiger partial charge in [-0.25, -0.2) is 0 Å². The van der Waals surface area contributed by atoms with Crippen LogP contribution in [0.3, 0.4) is 0 Å². The Morgan fingerprint density at radius 1 is 1.50 bits per heavy atom. The fraction of sp³-hybridized carbons (Fsp3) is 0.533. The fourth-order valence-corrected chi connectivity index (χ4v) is 2.78. The van der Waals surface area contributed by atoms with Crippen LogP contribution < -0.4 is 10.6 Å². The molecule has 0 aromatic carbocycles. The summed E-state index contributed by atoms with van der Waals surface area (Å²) in [7, 11) is 1.67.